The number of aromatic nitrogens is 4. The van der Waals surface area contributed by atoms with E-state index in [-0.39, 0.29) is 0 Å². The largest absolute Gasteiger partial charge is 0.256 e. The molecule has 3 aromatic rings. The van der Waals surface area contributed by atoms with Gasteiger partial charge < -0.3 is 0 Å². The second-order valence-electron chi connectivity index (χ2n) is 5.01. The van der Waals surface area contributed by atoms with Crippen LogP contribution in [0.2, 0.25) is 0 Å². The van der Waals surface area contributed by atoms with Crippen molar-refractivity contribution in [1.82, 2.24) is 20.0 Å². The molecule has 0 aliphatic rings. The first-order chi connectivity index (χ1) is 9.15. The van der Waals surface area contributed by atoms with Gasteiger partial charge in [0, 0.05) is 24.2 Å². The van der Waals surface area contributed by atoms with E-state index >= 15 is 0 Å². The van der Waals surface area contributed by atoms with Crippen molar-refractivity contribution < 1.29 is 0 Å². The number of rotatable bonds is 2. The molecule has 0 bridgehead atoms. The van der Waals surface area contributed by atoms with Gasteiger partial charge in [0.15, 0.2) is 0 Å². The van der Waals surface area contributed by atoms with Crippen LogP contribution in [0, 0.1) is 0 Å². The lowest BCUT2D eigenvalue weighted by atomic mass is 9.97. The lowest BCUT2D eigenvalue weighted by molar-refractivity contribution is 0.655. The zero-order valence-corrected chi connectivity index (χ0v) is 11.3. The summed E-state index contributed by atoms with van der Waals surface area (Å²) in [5.74, 6) is 0.475. The fraction of sp³-hybridized carbons (Fsp3) is 0.267. The molecule has 1 aromatic carbocycles. The maximum atomic E-state index is 4.42. The maximum Gasteiger partial charge on any atom is 0.113 e. The molecule has 96 valence electrons. The number of hydrogen-bond donors (Lipinski definition) is 0. The van der Waals surface area contributed by atoms with Crippen LogP contribution in [0.3, 0.4) is 0 Å². The highest BCUT2D eigenvalue weighted by atomic mass is 15.4. The van der Waals surface area contributed by atoms with Crippen molar-refractivity contribution in [1.29, 1.82) is 0 Å². The monoisotopic (exact) mass is 252 g/mol. The van der Waals surface area contributed by atoms with E-state index in [4.69, 9.17) is 0 Å². The molecule has 19 heavy (non-hydrogen) atoms. The molecule has 0 saturated heterocycles. The van der Waals surface area contributed by atoms with Gasteiger partial charge in [-0.15, -0.1) is 0 Å². The third kappa shape index (κ3) is 2.10. The summed E-state index contributed by atoms with van der Waals surface area (Å²) < 4.78 is 0. The van der Waals surface area contributed by atoms with Crippen LogP contribution in [-0.4, -0.2) is 20.0 Å². The van der Waals surface area contributed by atoms with Gasteiger partial charge in [0.05, 0.1) is 11.7 Å². The van der Waals surface area contributed by atoms with Crippen molar-refractivity contribution in [2.45, 2.75) is 19.8 Å². The normalized spacial score (nSPS) is 11.4. The summed E-state index contributed by atoms with van der Waals surface area (Å²) in [7, 11) is 1.83. The van der Waals surface area contributed by atoms with Gasteiger partial charge in [-0.3, -0.25) is 4.98 Å². The van der Waals surface area contributed by atoms with E-state index in [1.165, 1.54) is 10.9 Å². The molecular formula is C15H16N4. The second kappa shape index (κ2) is 4.46. The van der Waals surface area contributed by atoms with Gasteiger partial charge in [-0.25, -0.2) is 0 Å². The molecular weight excluding hydrogens is 236 g/mol. The Hall–Kier alpha value is -2.23. The van der Waals surface area contributed by atoms with Gasteiger partial charge in [0.1, 0.15) is 5.69 Å². The van der Waals surface area contributed by atoms with Crippen LogP contribution in [0.25, 0.3) is 22.2 Å². The molecule has 0 amide bonds. The summed E-state index contributed by atoms with van der Waals surface area (Å²) in [4.78, 5) is 6.00. The Morgan fingerprint density at radius 3 is 2.68 bits per heavy atom. The standard InChI is InChI=1S/C15H16N4/c1-10(2)12-6-7-16-14-5-4-11(8-13(12)14)15-9-17-19(3)18-15/h4-10H,1-3H3. The molecule has 3 rings (SSSR count). The summed E-state index contributed by atoms with van der Waals surface area (Å²) in [6.07, 6.45) is 3.66. The van der Waals surface area contributed by atoms with Crippen LogP contribution in [0.5, 0.6) is 0 Å². The number of nitrogens with zero attached hydrogens (tertiary/aromatic N) is 4. The van der Waals surface area contributed by atoms with Crippen LogP contribution in [0.4, 0.5) is 0 Å². The van der Waals surface area contributed by atoms with Gasteiger partial charge in [-0.05, 0) is 29.7 Å². The van der Waals surface area contributed by atoms with Gasteiger partial charge in [0.25, 0.3) is 0 Å². The average molecular weight is 252 g/mol. The molecule has 0 aliphatic heterocycles. The van der Waals surface area contributed by atoms with Crippen molar-refractivity contribution >= 4 is 10.9 Å². The topological polar surface area (TPSA) is 43.6 Å². The maximum absolute atomic E-state index is 4.42. The fourth-order valence-electron chi connectivity index (χ4n) is 2.31. The van der Waals surface area contributed by atoms with Gasteiger partial charge >= 0.3 is 0 Å². The lowest BCUT2D eigenvalue weighted by Gasteiger charge is -2.10. The van der Waals surface area contributed by atoms with E-state index in [0.29, 0.717) is 5.92 Å². The van der Waals surface area contributed by atoms with Crippen molar-refractivity contribution in [3.8, 4) is 11.3 Å². The predicted molar refractivity (Wildman–Crippen MR) is 75.8 cm³/mol. The molecule has 0 aliphatic carbocycles. The van der Waals surface area contributed by atoms with Crippen LogP contribution in [0.15, 0.2) is 36.7 Å². The van der Waals surface area contributed by atoms with Crippen LogP contribution in [-0.2, 0) is 7.05 Å². The minimum atomic E-state index is 0.475. The second-order valence-corrected chi connectivity index (χ2v) is 5.01. The third-order valence-electron chi connectivity index (χ3n) is 3.29. The first kappa shape index (κ1) is 11.8. The first-order valence-electron chi connectivity index (χ1n) is 6.40. The lowest BCUT2D eigenvalue weighted by Crippen LogP contribution is -1.93. The zero-order chi connectivity index (χ0) is 13.4. The molecule has 0 unspecified atom stereocenters. The Labute approximate surface area is 112 Å². The van der Waals surface area contributed by atoms with Crippen molar-refractivity contribution in [2.24, 2.45) is 7.05 Å². The van der Waals surface area contributed by atoms with Crippen LogP contribution >= 0.6 is 0 Å². The summed E-state index contributed by atoms with van der Waals surface area (Å²) in [6.45, 7) is 4.40. The van der Waals surface area contributed by atoms with Gasteiger partial charge in [0.2, 0.25) is 0 Å². The number of fused-ring (bicyclic) bond motifs is 1. The molecule has 0 radical (unpaired) electrons. The van der Waals surface area contributed by atoms with E-state index in [0.717, 1.165) is 16.8 Å². The smallest absolute Gasteiger partial charge is 0.113 e. The number of hydrogen-bond acceptors (Lipinski definition) is 3. The Morgan fingerprint density at radius 1 is 1.16 bits per heavy atom. The Morgan fingerprint density at radius 2 is 2.00 bits per heavy atom. The highest BCUT2D eigenvalue weighted by Crippen LogP contribution is 2.27. The molecule has 0 fully saturated rings. The van der Waals surface area contributed by atoms with Gasteiger partial charge in [-0.2, -0.15) is 15.0 Å². The van der Waals surface area contributed by atoms with E-state index < -0.39 is 0 Å². The summed E-state index contributed by atoms with van der Waals surface area (Å²) >= 11 is 0. The van der Waals surface area contributed by atoms with Crippen LogP contribution in [0.1, 0.15) is 25.3 Å². The van der Waals surface area contributed by atoms with E-state index in [1.54, 1.807) is 11.0 Å². The Kier molecular flexibility index (Phi) is 2.78. The number of aryl methyl sites for hydroxylation is 1. The number of pyridine rings is 1. The molecule has 0 N–H and O–H groups in total. The van der Waals surface area contributed by atoms with Crippen molar-refractivity contribution in [3.05, 3.63) is 42.2 Å². The molecule has 0 atom stereocenters. The SMILES string of the molecule is CC(C)c1ccnc2ccc(-c3cnn(C)n3)cc12. The first-order valence-corrected chi connectivity index (χ1v) is 6.40. The fourth-order valence-corrected chi connectivity index (χ4v) is 2.31. The quantitative estimate of drug-likeness (QED) is 0.703. The Bertz CT molecular complexity index is 728. The minimum Gasteiger partial charge on any atom is -0.256 e. The highest BCUT2D eigenvalue weighted by Gasteiger charge is 2.09. The van der Waals surface area contributed by atoms with Crippen molar-refractivity contribution in [3.63, 3.8) is 0 Å². The third-order valence-corrected chi connectivity index (χ3v) is 3.29. The summed E-state index contributed by atoms with van der Waals surface area (Å²) in [6, 6.07) is 8.34. The molecule has 0 spiro atoms. The summed E-state index contributed by atoms with van der Waals surface area (Å²) in [5.41, 5.74) is 4.31. The average Bonchev–Trinajstić information content (AvgIpc) is 2.84. The molecule has 4 heteroatoms. The van der Waals surface area contributed by atoms with Crippen molar-refractivity contribution in [2.75, 3.05) is 0 Å². The summed E-state index contributed by atoms with van der Waals surface area (Å²) in [5, 5.41) is 9.66. The van der Waals surface area contributed by atoms with Crippen LogP contribution < -0.4 is 0 Å². The number of benzene rings is 1. The molecule has 2 heterocycles. The van der Waals surface area contributed by atoms with E-state index in [9.17, 15) is 0 Å². The Balaban J connectivity index is 2.21. The van der Waals surface area contributed by atoms with E-state index in [2.05, 4.69) is 41.2 Å². The molecule has 0 saturated carbocycles. The van der Waals surface area contributed by atoms with E-state index in [1.807, 2.05) is 25.4 Å². The molecule has 2 aromatic heterocycles. The highest BCUT2D eigenvalue weighted by molar-refractivity contribution is 5.86. The predicted octanol–water partition coefficient (Wildman–Crippen LogP) is 3.15. The van der Waals surface area contributed by atoms with Gasteiger partial charge in [-0.1, -0.05) is 19.9 Å². The minimum absolute atomic E-state index is 0.475. The molecule has 4 nitrogen and oxygen atoms in total. The zero-order valence-electron chi connectivity index (χ0n) is 11.3.